The van der Waals surface area contributed by atoms with Crippen molar-refractivity contribution < 1.29 is 0 Å². The van der Waals surface area contributed by atoms with Crippen molar-refractivity contribution in [2.24, 2.45) is 5.92 Å². The molecule has 3 aliphatic heterocycles. The minimum Gasteiger partial charge on any atom is -0.302 e. The second kappa shape index (κ2) is 5.10. The first-order valence-corrected chi connectivity index (χ1v) is 8.33. The quantitative estimate of drug-likeness (QED) is 0.865. The van der Waals surface area contributed by atoms with Gasteiger partial charge in [0, 0.05) is 30.7 Å². The van der Waals surface area contributed by atoms with E-state index in [0.29, 0.717) is 0 Å². The molecule has 1 unspecified atom stereocenters. The molecule has 3 aliphatic rings. The molecule has 0 saturated carbocycles. The largest absolute Gasteiger partial charge is 0.302 e. The van der Waals surface area contributed by atoms with Gasteiger partial charge in [0.1, 0.15) is 0 Å². The van der Waals surface area contributed by atoms with Crippen molar-refractivity contribution in [3.63, 3.8) is 0 Å². The minimum absolute atomic E-state index is 0.736. The van der Waals surface area contributed by atoms with Gasteiger partial charge in [-0.1, -0.05) is 12.1 Å². The van der Waals surface area contributed by atoms with Crippen LogP contribution in [0.3, 0.4) is 0 Å². The summed E-state index contributed by atoms with van der Waals surface area (Å²) in [5, 5.41) is 1.34. The number of hydrogen-bond donors (Lipinski definition) is 0. The van der Waals surface area contributed by atoms with Crippen LogP contribution in [0, 0.1) is 5.92 Å². The lowest BCUT2D eigenvalue weighted by atomic mass is 9.83. The van der Waals surface area contributed by atoms with E-state index < -0.39 is 0 Å². The van der Waals surface area contributed by atoms with Crippen molar-refractivity contribution >= 4 is 21.6 Å². The van der Waals surface area contributed by atoms with Crippen LogP contribution in [0.2, 0.25) is 0 Å². The highest BCUT2D eigenvalue weighted by Crippen LogP contribution is 2.31. The first kappa shape index (κ1) is 12.7. The Morgan fingerprint density at radius 2 is 2.20 bits per heavy atom. The molecule has 2 aromatic rings. The van der Waals surface area contributed by atoms with E-state index in [4.69, 9.17) is 0 Å². The Morgan fingerprint density at radius 3 is 2.95 bits per heavy atom. The molecule has 1 aromatic carbocycles. The van der Waals surface area contributed by atoms with Crippen LogP contribution in [0.15, 0.2) is 24.4 Å². The van der Waals surface area contributed by atoms with Crippen molar-refractivity contribution in [1.29, 1.82) is 0 Å². The van der Waals surface area contributed by atoms with Crippen LogP contribution < -0.4 is 0 Å². The van der Waals surface area contributed by atoms with Crippen LogP contribution in [0.4, 0.5) is 0 Å². The lowest BCUT2D eigenvalue weighted by Crippen LogP contribution is -2.56. The van der Waals surface area contributed by atoms with Crippen LogP contribution in [-0.4, -0.2) is 46.9 Å². The highest BCUT2D eigenvalue weighted by Gasteiger charge is 2.36. The summed E-state index contributed by atoms with van der Waals surface area (Å²) in [5.41, 5.74) is 1.43. The van der Waals surface area contributed by atoms with Crippen molar-refractivity contribution in [3.8, 4) is 0 Å². The SMILES string of the molecule is CN(Cc1cccc2sncc12)C1CN2CCC1CC2. The Balaban J connectivity index is 1.55. The van der Waals surface area contributed by atoms with Crippen LogP contribution >= 0.6 is 11.5 Å². The molecule has 5 rings (SSSR count). The fourth-order valence-electron chi connectivity index (χ4n) is 3.91. The zero-order valence-corrected chi connectivity index (χ0v) is 12.8. The normalized spacial score (nSPS) is 29.4. The molecule has 1 aromatic heterocycles. The van der Waals surface area contributed by atoms with Gasteiger partial charge in [0.05, 0.1) is 4.70 Å². The molecule has 4 heteroatoms. The summed E-state index contributed by atoms with van der Waals surface area (Å²) in [6.45, 7) is 4.95. The fraction of sp³-hybridized carbons (Fsp3) is 0.562. The maximum absolute atomic E-state index is 4.33. The number of likely N-dealkylation sites (N-methyl/N-ethyl adjacent to an activating group) is 1. The molecule has 1 atom stereocenters. The van der Waals surface area contributed by atoms with E-state index in [1.54, 1.807) is 11.5 Å². The average Bonchev–Trinajstić information content (AvgIpc) is 2.98. The molecule has 0 spiro atoms. The summed E-state index contributed by atoms with van der Waals surface area (Å²) < 4.78 is 5.64. The summed E-state index contributed by atoms with van der Waals surface area (Å²) in [6.07, 6.45) is 4.80. The first-order chi connectivity index (χ1) is 9.81. The van der Waals surface area contributed by atoms with E-state index >= 15 is 0 Å². The third-order valence-corrected chi connectivity index (χ3v) is 5.86. The molecule has 106 valence electrons. The molecular weight excluding hydrogens is 266 g/mol. The molecule has 0 radical (unpaired) electrons. The molecular formula is C16H21N3S. The van der Waals surface area contributed by atoms with Gasteiger partial charge < -0.3 is 4.90 Å². The van der Waals surface area contributed by atoms with Crippen molar-refractivity contribution in [3.05, 3.63) is 30.0 Å². The van der Waals surface area contributed by atoms with Crippen molar-refractivity contribution in [1.82, 2.24) is 14.2 Å². The Kier molecular flexibility index (Phi) is 3.25. The van der Waals surface area contributed by atoms with E-state index in [1.807, 2.05) is 6.20 Å². The summed E-state index contributed by atoms with van der Waals surface area (Å²) in [6, 6.07) is 7.33. The highest BCUT2D eigenvalue weighted by molar-refractivity contribution is 7.13. The van der Waals surface area contributed by atoms with Crippen molar-refractivity contribution in [2.45, 2.75) is 25.4 Å². The molecule has 0 N–H and O–H groups in total. The Bertz CT molecular complexity index is 601. The molecule has 3 nitrogen and oxygen atoms in total. The molecule has 3 fully saturated rings. The third-order valence-electron chi connectivity index (χ3n) is 5.10. The molecule has 2 bridgehead atoms. The Labute approximate surface area is 124 Å². The van der Waals surface area contributed by atoms with E-state index in [9.17, 15) is 0 Å². The number of aromatic nitrogens is 1. The zero-order chi connectivity index (χ0) is 13.5. The van der Waals surface area contributed by atoms with Crippen LogP contribution in [-0.2, 0) is 6.54 Å². The van der Waals surface area contributed by atoms with Gasteiger partial charge in [0.15, 0.2) is 0 Å². The lowest BCUT2D eigenvalue weighted by Gasteiger charge is -2.48. The van der Waals surface area contributed by atoms with Gasteiger partial charge >= 0.3 is 0 Å². The summed E-state index contributed by atoms with van der Waals surface area (Å²) in [4.78, 5) is 5.20. The second-order valence-corrected chi connectivity index (χ2v) is 7.11. The van der Waals surface area contributed by atoms with Gasteiger partial charge in [-0.05, 0) is 62.1 Å². The van der Waals surface area contributed by atoms with Crippen LogP contribution in [0.1, 0.15) is 18.4 Å². The second-order valence-electron chi connectivity index (χ2n) is 6.28. The van der Waals surface area contributed by atoms with E-state index in [0.717, 1.165) is 18.5 Å². The van der Waals surface area contributed by atoms with E-state index in [1.165, 1.54) is 48.1 Å². The Hall–Kier alpha value is -0.970. The minimum atomic E-state index is 0.736. The predicted octanol–water partition coefficient (Wildman–Crippen LogP) is 2.82. The summed E-state index contributed by atoms with van der Waals surface area (Å²) in [5.74, 6) is 0.907. The maximum atomic E-state index is 4.33. The monoisotopic (exact) mass is 287 g/mol. The van der Waals surface area contributed by atoms with Gasteiger partial charge in [-0.2, -0.15) is 4.37 Å². The summed E-state index contributed by atoms with van der Waals surface area (Å²) >= 11 is 1.60. The van der Waals surface area contributed by atoms with E-state index in [2.05, 4.69) is 39.4 Å². The molecule has 0 aliphatic carbocycles. The fourth-order valence-corrected chi connectivity index (χ4v) is 4.60. The van der Waals surface area contributed by atoms with Crippen LogP contribution in [0.25, 0.3) is 10.1 Å². The van der Waals surface area contributed by atoms with Gasteiger partial charge in [0.2, 0.25) is 0 Å². The maximum Gasteiger partial charge on any atom is 0.0553 e. The van der Waals surface area contributed by atoms with Crippen LogP contribution in [0.5, 0.6) is 0 Å². The number of piperidine rings is 3. The first-order valence-electron chi connectivity index (χ1n) is 7.56. The number of fused-ring (bicyclic) bond motifs is 4. The van der Waals surface area contributed by atoms with E-state index in [-0.39, 0.29) is 0 Å². The lowest BCUT2D eigenvalue weighted by molar-refractivity contribution is 0.0137. The standard InChI is InChI=1S/C16H21N3S/c1-18(15-11-19-7-5-12(15)6-8-19)10-13-3-2-4-16-14(13)9-17-20-16/h2-4,9,12,15H,5-8,10-11H2,1H3. The molecule has 20 heavy (non-hydrogen) atoms. The van der Waals surface area contributed by atoms with Gasteiger partial charge in [-0.25, -0.2) is 0 Å². The molecule has 4 heterocycles. The Morgan fingerprint density at radius 1 is 1.35 bits per heavy atom. The molecule has 0 amide bonds. The summed E-state index contributed by atoms with van der Waals surface area (Å²) in [7, 11) is 2.30. The highest BCUT2D eigenvalue weighted by atomic mass is 32.1. The predicted molar refractivity (Wildman–Crippen MR) is 84.0 cm³/mol. The van der Waals surface area contributed by atoms with Gasteiger partial charge in [-0.3, -0.25) is 4.90 Å². The average molecular weight is 287 g/mol. The smallest absolute Gasteiger partial charge is 0.0553 e. The number of hydrogen-bond acceptors (Lipinski definition) is 4. The molecule has 3 saturated heterocycles. The van der Waals surface area contributed by atoms with Gasteiger partial charge in [0.25, 0.3) is 0 Å². The van der Waals surface area contributed by atoms with Gasteiger partial charge in [-0.15, -0.1) is 0 Å². The zero-order valence-electron chi connectivity index (χ0n) is 12.0. The number of benzene rings is 1. The van der Waals surface area contributed by atoms with Crippen molar-refractivity contribution in [2.75, 3.05) is 26.7 Å². The number of nitrogens with zero attached hydrogens (tertiary/aromatic N) is 3. The topological polar surface area (TPSA) is 19.4 Å². The third kappa shape index (κ3) is 2.16. The number of rotatable bonds is 3.